The molecule has 2 aromatic rings. The minimum Gasteiger partial charge on any atom is -0.463 e. The van der Waals surface area contributed by atoms with Gasteiger partial charge >= 0.3 is 5.97 Å². The van der Waals surface area contributed by atoms with Crippen LogP contribution in [0.5, 0.6) is 0 Å². The Hall–Kier alpha value is -2.13. The fraction of sp³-hybridized carbons (Fsp3) is 0.567. The van der Waals surface area contributed by atoms with Crippen LogP contribution in [-0.4, -0.2) is 12.6 Å². The third-order valence-corrected chi connectivity index (χ3v) is 6.10. The Kier molecular flexibility index (Phi) is 15.0. The summed E-state index contributed by atoms with van der Waals surface area (Å²) >= 11 is 0. The fourth-order valence-electron chi connectivity index (χ4n) is 4.03. The molecule has 0 aliphatic carbocycles. The minimum absolute atomic E-state index is 0.119. The molecule has 0 aliphatic rings. The van der Waals surface area contributed by atoms with E-state index in [0.717, 1.165) is 24.0 Å². The van der Waals surface area contributed by atoms with E-state index in [2.05, 4.69) is 6.92 Å². The van der Waals surface area contributed by atoms with Crippen LogP contribution in [0.4, 0.5) is 0 Å². The van der Waals surface area contributed by atoms with E-state index in [4.69, 9.17) is 9.47 Å². The summed E-state index contributed by atoms with van der Waals surface area (Å²) in [5.74, 6) is -0.119. The second-order valence-electron chi connectivity index (χ2n) is 9.02. The highest BCUT2D eigenvalue weighted by Gasteiger charge is 2.15. The van der Waals surface area contributed by atoms with Crippen molar-refractivity contribution in [1.29, 1.82) is 0 Å². The number of ether oxygens (including phenoxy) is 2. The molecule has 0 aromatic heterocycles. The zero-order chi connectivity index (χ0) is 23.4. The van der Waals surface area contributed by atoms with Gasteiger partial charge in [0.15, 0.2) is 0 Å². The van der Waals surface area contributed by atoms with Gasteiger partial charge in [0.2, 0.25) is 0 Å². The molecule has 0 amide bonds. The lowest BCUT2D eigenvalue weighted by Gasteiger charge is -2.18. The Balaban J connectivity index is 1.56. The minimum atomic E-state index is -0.252. The van der Waals surface area contributed by atoms with Gasteiger partial charge in [-0.05, 0) is 17.5 Å². The Morgan fingerprint density at radius 1 is 0.697 bits per heavy atom. The van der Waals surface area contributed by atoms with E-state index in [0.29, 0.717) is 13.0 Å². The highest BCUT2D eigenvalue weighted by molar-refractivity contribution is 5.69. The van der Waals surface area contributed by atoms with Crippen LogP contribution in [0.25, 0.3) is 0 Å². The summed E-state index contributed by atoms with van der Waals surface area (Å²) in [6.45, 7) is 3.02. The van der Waals surface area contributed by atoms with Crippen molar-refractivity contribution >= 4 is 5.97 Å². The summed E-state index contributed by atoms with van der Waals surface area (Å²) in [6, 6.07) is 20.1. The van der Waals surface area contributed by atoms with Gasteiger partial charge in [-0.25, -0.2) is 0 Å². The lowest BCUT2D eigenvalue weighted by molar-refractivity contribution is -0.148. The average Bonchev–Trinajstić information content (AvgIpc) is 2.86. The molecule has 1 atom stereocenters. The molecule has 0 fully saturated rings. The van der Waals surface area contributed by atoms with Crippen LogP contribution in [0.1, 0.15) is 108 Å². The summed E-state index contributed by atoms with van der Waals surface area (Å²) in [4.78, 5) is 12.3. The summed E-state index contributed by atoms with van der Waals surface area (Å²) in [7, 11) is 0. The quantitative estimate of drug-likeness (QED) is 0.158. The Bertz CT molecular complexity index is 714. The largest absolute Gasteiger partial charge is 0.463 e. The summed E-state index contributed by atoms with van der Waals surface area (Å²) < 4.78 is 11.7. The van der Waals surface area contributed by atoms with Crippen LogP contribution < -0.4 is 0 Å². The van der Waals surface area contributed by atoms with Gasteiger partial charge in [-0.3, -0.25) is 4.79 Å². The van der Waals surface area contributed by atoms with E-state index in [1.54, 1.807) is 0 Å². The van der Waals surface area contributed by atoms with Gasteiger partial charge in [0, 0.05) is 6.42 Å². The van der Waals surface area contributed by atoms with Gasteiger partial charge in [-0.15, -0.1) is 0 Å². The van der Waals surface area contributed by atoms with Gasteiger partial charge in [0.1, 0.15) is 12.7 Å². The third kappa shape index (κ3) is 13.2. The standard InChI is InChI=1S/C30H44O3/c1-2-3-4-5-6-7-8-9-10-11-12-19-24-30(31)33-26-29(28-22-17-14-18-23-28)32-25-27-20-15-13-16-21-27/h13-18,20-23,29H,2-12,19,24-26H2,1H3. The number of hydrogen-bond acceptors (Lipinski definition) is 3. The molecule has 0 aliphatic heterocycles. The first kappa shape index (κ1) is 27.1. The van der Waals surface area contributed by atoms with E-state index >= 15 is 0 Å². The second kappa shape index (κ2) is 18.3. The summed E-state index contributed by atoms with van der Waals surface area (Å²) in [5, 5.41) is 0. The van der Waals surface area contributed by atoms with Crippen LogP contribution in [-0.2, 0) is 20.9 Å². The molecule has 0 radical (unpaired) electrons. The van der Waals surface area contributed by atoms with Crippen molar-refractivity contribution in [2.24, 2.45) is 0 Å². The van der Waals surface area contributed by atoms with Crippen molar-refractivity contribution in [2.45, 2.75) is 103 Å². The first-order chi connectivity index (χ1) is 16.3. The molecule has 1 unspecified atom stereocenters. The van der Waals surface area contributed by atoms with Gasteiger partial charge in [0.25, 0.3) is 0 Å². The number of carbonyl (C=O) groups excluding carboxylic acids is 1. The number of carbonyl (C=O) groups is 1. The van der Waals surface area contributed by atoms with Crippen LogP contribution in [0.2, 0.25) is 0 Å². The highest BCUT2D eigenvalue weighted by atomic mass is 16.6. The maximum atomic E-state index is 12.3. The molecule has 182 valence electrons. The predicted molar refractivity (Wildman–Crippen MR) is 137 cm³/mol. The highest BCUT2D eigenvalue weighted by Crippen LogP contribution is 2.20. The normalized spacial score (nSPS) is 11.9. The number of hydrogen-bond donors (Lipinski definition) is 0. The summed E-state index contributed by atoms with van der Waals surface area (Å²) in [5.41, 5.74) is 2.15. The second-order valence-corrected chi connectivity index (χ2v) is 9.02. The number of benzene rings is 2. The van der Waals surface area contributed by atoms with Crippen molar-refractivity contribution in [3.63, 3.8) is 0 Å². The van der Waals surface area contributed by atoms with Crippen molar-refractivity contribution in [2.75, 3.05) is 6.61 Å². The molecule has 0 saturated heterocycles. The van der Waals surface area contributed by atoms with Gasteiger partial charge in [-0.1, -0.05) is 138 Å². The lowest BCUT2D eigenvalue weighted by atomic mass is 10.0. The first-order valence-corrected chi connectivity index (χ1v) is 13.2. The van der Waals surface area contributed by atoms with Gasteiger partial charge in [0.05, 0.1) is 6.61 Å². The SMILES string of the molecule is CCCCCCCCCCCCCCC(=O)OCC(OCc1ccccc1)c1ccccc1. The molecule has 3 heteroatoms. The number of esters is 1. The molecule has 0 heterocycles. The maximum Gasteiger partial charge on any atom is 0.305 e. The van der Waals surface area contributed by atoms with Crippen molar-refractivity contribution in [3.05, 3.63) is 71.8 Å². The van der Waals surface area contributed by atoms with Crippen LogP contribution in [0.3, 0.4) is 0 Å². The van der Waals surface area contributed by atoms with E-state index in [-0.39, 0.29) is 18.7 Å². The third-order valence-electron chi connectivity index (χ3n) is 6.10. The van der Waals surface area contributed by atoms with Crippen molar-refractivity contribution < 1.29 is 14.3 Å². The molecule has 0 spiro atoms. The van der Waals surface area contributed by atoms with Crippen LogP contribution >= 0.6 is 0 Å². The van der Waals surface area contributed by atoms with Gasteiger partial charge in [-0.2, -0.15) is 0 Å². The molecule has 0 N–H and O–H groups in total. The van der Waals surface area contributed by atoms with E-state index in [9.17, 15) is 4.79 Å². The zero-order valence-corrected chi connectivity index (χ0v) is 20.7. The van der Waals surface area contributed by atoms with Crippen LogP contribution in [0, 0.1) is 0 Å². The molecule has 33 heavy (non-hydrogen) atoms. The molecular formula is C30H44O3. The van der Waals surface area contributed by atoms with Gasteiger partial charge < -0.3 is 9.47 Å². The Labute approximate surface area is 201 Å². The average molecular weight is 453 g/mol. The monoisotopic (exact) mass is 452 g/mol. The molecule has 3 nitrogen and oxygen atoms in total. The van der Waals surface area contributed by atoms with Crippen molar-refractivity contribution in [1.82, 2.24) is 0 Å². The topological polar surface area (TPSA) is 35.5 Å². The summed E-state index contributed by atoms with van der Waals surface area (Å²) in [6.07, 6.45) is 15.7. The molecular weight excluding hydrogens is 408 g/mol. The van der Waals surface area contributed by atoms with Crippen molar-refractivity contribution in [3.8, 4) is 0 Å². The van der Waals surface area contributed by atoms with E-state index in [1.165, 1.54) is 64.2 Å². The lowest BCUT2D eigenvalue weighted by Crippen LogP contribution is -2.15. The number of unbranched alkanes of at least 4 members (excludes halogenated alkanes) is 11. The van der Waals surface area contributed by atoms with E-state index < -0.39 is 0 Å². The smallest absolute Gasteiger partial charge is 0.305 e. The first-order valence-electron chi connectivity index (χ1n) is 13.2. The number of rotatable bonds is 19. The predicted octanol–water partition coefficient (Wildman–Crippen LogP) is 8.58. The van der Waals surface area contributed by atoms with E-state index in [1.807, 2.05) is 60.7 Å². The molecule has 2 rings (SSSR count). The zero-order valence-electron chi connectivity index (χ0n) is 20.7. The Morgan fingerprint density at radius 2 is 1.21 bits per heavy atom. The fourth-order valence-corrected chi connectivity index (χ4v) is 4.03. The Morgan fingerprint density at radius 3 is 1.79 bits per heavy atom. The molecule has 0 saturated carbocycles. The maximum absolute atomic E-state index is 12.3. The van der Waals surface area contributed by atoms with Crippen LogP contribution in [0.15, 0.2) is 60.7 Å². The molecule has 2 aromatic carbocycles. The molecule has 0 bridgehead atoms.